The van der Waals surface area contributed by atoms with Crippen LogP contribution in [0.5, 0.6) is 11.5 Å². The number of benzene rings is 2. The quantitative estimate of drug-likeness (QED) is 0.772. The van der Waals surface area contributed by atoms with E-state index in [4.69, 9.17) is 9.47 Å². The van der Waals surface area contributed by atoms with Crippen LogP contribution in [0.25, 0.3) is 17.2 Å². The van der Waals surface area contributed by atoms with Gasteiger partial charge in [-0.05, 0) is 36.1 Å². The molecule has 0 spiro atoms. The highest BCUT2D eigenvalue weighted by Gasteiger charge is 2.25. The lowest BCUT2D eigenvalue weighted by Crippen LogP contribution is -2.16. The van der Waals surface area contributed by atoms with Gasteiger partial charge in [0.25, 0.3) is 0 Å². The third-order valence-electron chi connectivity index (χ3n) is 3.88. The molecule has 2 aromatic carbocycles. The van der Waals surface area contributed by atoms with Gasteiger partial charge in [0.05, 0.1) is 0 Å². The highest BCUT2D eigenvalue weighted by Crippen LogP contribution is 2.47. The average molecular weight is 264 g/mol. The fourth-order valence-corrected chi connectivity index (χ4v) is 3.05. The molecule has 0 N–H and O–H groups in total. The zero-order chi connectivity index (χ0) is 13.5. The standard InChI is InChI=1S/C18H16O2/c1-12-9-14-11-16-18(20-8-7-19-16)17(15(14)10-12)13-5-3-2-4-6-13/h2-6,10-11H,7-9H2,1H3. The van der Waals surface area contributed by atoms with Crippen LogP contribution >= 0.6 is 0 Å². The molecule has 0 amide bonds. The first-order valence-corrected chi connectivity index (χ1v) is 7.01. The van der Waals surface area contributed by atoms with Crippen molar-refractivity contribution in [3.05, 3.63) is 53.1 Å². The molecule has 20 heavy (non-hydrogen) atoms. The van der Waals surface area contributed by atoms with Crippen molar-refractivity contribution in [2.24, 2.45) is 0 Å². The molecule has 0 saturated carbocycles. The van der Waals surface area contributed by atoms with Crippen LogP contribution in [0.3, 0.4) is 0 Å². The summed E-state index contributed by atoms with van der Waals surface area (Å²) in [5, 5.41) is 0. The Morgan fingerprint density at radius 2 is 1.80 bits per heavy atom. The molecule has 0 atom stereocenters. The van der Waals surface area contributed by atoms with Crippen LogP contribution < -0.4 is 9.47 Å². The SMILES string of the molecule is CC1=Cc2c(cc3c(c2-c2ccccc2)OCCO3)C1. The maximum atomic E-state index is 5.92. The Labute approximate surface area is 118 Å². The Hall–Kier alpha value is -2.22. The predicted octanol–water partition coefficient (Wildman–Crippen LogP) is 4.08. The lowest BCUT2D eigenvalue weighted by molar-refractivity contribution is 0.172. The molecule has 4 rings (SSSR count). The van der Waals surface area contributed by atoms with Gasteiger partial charge in [-0.3, -0.25) is 0 Å². The van der Waals surface area contributed by atoms with Crippen molar-refractivity contribution in [3.8, 4) is 22.6 Å². The van der Waals surface area contributed by atoms with Gasteiger partial charge in [-0.15, -0.1) is 0 Å². The Bertz CT molecular complexity index is 699. The van der Waals surface area contributed by atoms with Gasteiger partial charge in [0.1, 0.15) is 13.2 Å². The third kappa shape index (κ3) is 1.72. The summed E-state index contributed by atoms with van der Waals surface area (Å²) < 4.78 is 11.7. The van der Waals surface area contributed by atoms with Gasteiger partial charge in [-0.2, -0.15) is 0 Å². The second-order valence-electron chi connectivity index (χ2n) is 5.38. The van der Waals surface area contributed by atoms with E-state index in [2.05, 4.69) is 43.3 Å². The Morgan fingerprint density at radius 3 is 2.65 bits per heavy atom. The summed E-state index contributed by atoms with van der Waals surface area (Å²) in [6, 6.07) is 12.6. The number of ether oxygens (including phenoxy) is 2. The molecular weight excluding hydrogens is 248 g/mol. The summed E-state index contributed by atoms with van der Waals surface area (Å²) in [5.41, 5.74) is 6.38. The van der Waals surface area contributed by atoms with Crippen LogP contribution in [0.2, 0.25) is 0 Å². The second kappa shape index (κ2) is 4.41. The van der Waals surface area contributed by atoms with Crippen molar-refractivity contribution >= 4 is 6.08 Å². The van der Waals surface area contributed by atoms with Gasteiger partial charge in [-0.25, -0.2) is 0 Å². The van der Waals surface area contributed by atoms with E-state index >= 15 is 0 Å². The second-order valence-corrected chi connectivity index (χ2v) is 5.38. The van der Waals surface area contributed by atoms with Gasteiger partial charge < -0.3 is 9.47 Å². The van der Waals surface area contributed by atoms with Crippen LogP contribution in [0.4, 0.5) is 0 Å². The summed E-state index contributed by atoms with van der Waals surface area (Å²) in [5.74, 6) is 1.78. The molecule has 2 nitrogen and oxygen atoms in total. The molecule has 0 bridgehead atoms. The van der Waals surface area contributed by atoms with Crippen LogP contribution in [-0.4, -0.2) is 13.2 Å². The van der Waals surface area contributed by atoms with Crippen LogP contribution in [0, 0.1) is 0 Å². The smallest absolute Gasteiger partial charge is 0.169 e. The fourth-order valence-electron chi connectivity index (χ4n) is 3.05. The van der Waals surface area contributed by atoms with Crippen molar-refractivity contribution in [3.63, 3.8) is 0 Å². The minimum Gasteiger partial charge on any atom is -0.486 e. The molecule has 0 radical (unpaired) electrons. The molecule has 2 aliphatic rings. The molecule has 0 saturated heterocycles. The maximum Gasteiger partial charge on any atom is 0.169 e. The molecule has 0 aromatic heterocycles. The van der Waals surface area contributed by atoms with Crippen molar-refractivity contribution in [1.82, 2.24) is 0 Å². The van der Waals surface area contributed by atoms with Crippen LogP contribution in [0.1, 0.15) is 18.1 Å². The van der Waals surface area contributed by atoms with Gasteiger partial charge >= 0.3 is 0 Å². The van der Waals surface area contributed by atoms with Gasteiger partial charge in [0.15, 0.2) is 11.5 Å². The lowest BCUT2D eigenvalue weighted by atomic mass is 9.95. The Morgan fingerprint density at radius 1 is 1.00 bits per heavy atom. The topological polar surface area (TPSA) is 18.5 Å². The Kier molecular flexibility index (Phi) is 2.56. The summed E-state index contributed by atoms with van der Waals surface area (Å²) in [4.78, 5) is 0. The summed E-state index contributed by atoms with van der Waals surface area (Å²) in [6.07, 6.45) is 3.28. The molecule has 1 aliphatic carbocycles. The highest BCUT2D eigenvalue weighted by atomic mass is 16.6. The normalized spacial score (nSPS) is 15.8. The van der Waals surface area contributed by atoms with E-state index in [9.17, 15) is 0 Å². The summed E-state index contributed by atoms with van der Waals surface area (Å²) in [7, 11) is 0. The minimum absolute atomic E-state index is 0.619. The number of hydrogen-bond donors (Lipinski definition) is 0. The first-order valence-electron chi connectivity index (χ1n) is 7.01. The highest BCUT2D eigenvalue weighted by molar-refractivity contribution is 5.87. The number of hydrogen-bond acceptors (Lipinski definition) is 2. The maximum absolute atomic E-state index is 5.92. The van der Waals surface area contributed by atoms with Gasteiger partial charge in [-0.1, -0.05) is 42.0 Å². The molecular formula is C18H16O2. The summed E-state index contributed by atoms with van der Waals surface area (Å²) >= 11 is 0. The molecule has 1 aliphatic heterocycles. The molecule has 100 valence electrons. The van der Waals surface area contributed by atoms with Crippen molar-refractivity contribution in [1.29, 1.82) is 0 Å². The van der Waals surface area contributed by atoms with E-state index in [1.807, 2.05) is 6.07 Å². The predicted molar refractivity (Wildman–Crippen MR) is 80.2 cm³/mol. The third-order valence-corrected chi connectivity index (χ3v) is 3.88. The largest absolute Gasteiger partial charge is 0.486 e. The fraction of sp³-hybridized carbons (Fsp3) is 0.222. The molecule has 2 aromatic rings. The minimum atomic E-state index is 0.619. The van der Waals surface area contributed by atoms with E-state index in [0.717, 1.165) is 17.9 Å². The van der Waals surface area contributed by atoms with E-state index in [1.165, 1.54) is 27.8 Å². The Balaban J connectivity index is 2.02. The summed E-state index contributed by atoms with van der Waals surface area (Å²) in [6.45, 7) is 3.43. The van der Waals surface area contributed by atoms with E-state index in [0.29, 0.717) is 13.2 Å². The molecule has 0 unspecified atom stereocenters. The molecule has 1 heterocycles. The van der Waals surface area contributed by atoms with Gasteiger partial charge in [0.2, 0.25) is 0 Å². The lowest BCUT2D eigenvalue weighted by Gasteiger charge is -2.23. The van der Waals surface area contributed by atoms with E-state index < -0.39 is 0 Å². The van der Waals surface area contributed by atoms with Crippen molar-refractivity contribution < 1.29 is 9.47 Å². The van der Waals surface area contributed by atoms with Crippen molar-refractivity contribution in [2.45, 2.75) is 13.3 Å². The van der Waals surface area contributed by atoms with Crippen LogP contribution in [0.15, 0.2) is 42.0 Å². The zero-order valence-corrected chi connectivity index (χ0v) is 11.5. The van der Waals surface area contributed by atoms with E-state index in [1.54, 1.807) is 0 Å². The monoisotopic (exact) mass is 264 g/mol. The van der Waals surface area contributed by atoms with E-state index in [-0.39, 0.29) is 0 Å². The number of rotatable bonds is 1. The molecule has 2 heteroatoms. The first kappa shape index (κ1) is 11.6. The van der Waals surface area contributed by atoms with Crippen molar-refractivity contribution in [2.75, 3.05) is 13.2 Å². The first-order chi connectivity index (χ1) is 9.83. The molecule has 0 fully saturated rings. The zero-order valence-electron chi connectivity index (χ0n) is 11.5. The van der Waals surface area contributed by atoms with Gasteiger partial charge in [0, 0.05) is 5.56 Å². The number of fused-ring (bicyclic) bond motifs is 2. The average Bonchev–Trinajstić information content (AvgIpc) is 2.85. The number of allylic oxidation sites excluding steroid dienone is 1. The van der Waals surface area contributed by atoms with Crippen LogP contribution in [-0.2, 0) is 6.42 Å².